The number of nitrogens with zero attached hydrogens (tertiary/aromatic N) is 2. The number of aryl methyl sites for hydroxylation is 1. The maximum Gasteiger partial charge on any atom is 0.243 e. The number of thioether (sulfide) groups is 1. The Balaban J connectivity index is 1.48. The molecule has 0 N–H and O–H groups in total. The van der Waals surface area contributed by atoms with Crippen LogP contribution in [0.25, 0.3) is 0 Å². The Hall–Kier alpha value is -1.37. The molecule has 5 rings (SSSR count). The van der Waals surface area contributed by atoms with Gasteiger partial charge in [-0.05, 0) is 50.5 Å². The summed E-state index contributed by atoms with van der Waals surface area (Å²) in [7, 11) is -1.69. The van der Waals surface area contributed by atoms with Gasteiger partial charge in [0.05, 0.1) is 4.90 Å². The Morgan fingerprint density at radius 2 is 1.62 bits per heavy atom. The molecule has 1 aromatic carbocycles. The lowest BCUT2D eigenvalue weighted by Gasteiger charge is -2.72. The van der Waals surface area contributed by atoms with Crippen LogP contribution in [-0.2, 0) is 10.0 Å². The van der Waals surface area contributed by atoms with Gasteiger partial charge in [0.15, 0.2) is 0 Å². The van der Waals surface area contributed by atoms with Crippen molar-refractivity contribution in [2.24, 2.45) is 0 Å². The number of aromatic nitrogens is 1. The molecule has 0 amide bonds. The first kappa shape index (κ1) is 16.1. The molecule has 24 heavy (non-hydrogen) atoms. The maximum atomic E-state index is 12.9. The van der Waals surface area contributed by atoms with Gasteiger partial charge in [-0.3, -0.25) is 4.98 Å². The van der Waals surface area contributed by atoms with Gasteiger partial charge < -0.3 is 0 Å². The fourth-order valence-corrected chi connectivity index (χ4v) is 7.15. The van der Waals surface area contributed by atoms with Crippen molar-refractivity contribution in [1.82, 2.24) is 9.29 Å². The van der Waals surface area contributed by atoms with E-state index in [1.807, 2.05) is 43.0 Å². The molecule has 4 nitrogen and oxygen atoms in total. The highest BCUT2D eigenvalue weighted by Gasteiger charge is 2.71. The number of sulfonamides is 1. The molecule has 6 heteroatoms. The van der Waals surface area contributed by atoms with Gasteiger partial charge >= 0.3 is 0 Å². The summed E-state index contributed by atoms with van der Waals surface area (Å²) in [4.78, 5) is 5.64. The monoisotopic (exact) mass is 360 g/mol. The largest absolute Gasteiger partial charge is 0.265 e. The summed E-state index contributed by atoms with van der Waals surface area (Å²) in [5.74, 6) is 0. The van der Waals surface area contributed by atoms with E-state index in [1.54, 1.807) is 35.9 Å². The zero-order valence-electron chi connectivity index (χ0n) is 13.8. The van der Waals surface area contributed by atoms with Crippen molar-refractivity contribution < 1.29 is 8.42 Å². The predicted octanol–water partition coefficient (Wildman–Crippen LogP) is 3.48. The van der Waals surface area contributed by atoms with Crippen LogP contribution in [0, 0.1) is 6.92 Å². The summed E-state index contributed by atoms with van der Waals surface area (Å²) < 4.78 is 27.6. The Labute approximate surface area is 147 Å². The van der Waals surface area contributed by atoms with Crippen LogP contribution in [0.4, 0.5) is 0 Å². The van der Waals surface area contributed by atoms with Gasteiger partial charge in [0, 0.05) is 34.6 Å². The van der Waals surface area contributed by atoms with E-state index >= 15 is 0 Å². The van der Waals surface area contributed by atoms with Crippen LogP contribution in [0.3, 0.4) is 0 Å². The van der Waals surface area contributed by atoms with Crippen molar-refractivity contribution in [2.75, 3.05) is 7.05 Å². The average Bonchev–Trinajstić information content (AvgIpc) is 2.50. The second kappa shape index (κ2) is 5.31. The van der Waals surface area contributed by atoms with Crippen molar-refractivity contribution in [3.8, 4) is 0 Å². The maximum absolute atomic E-state index is 12.9. The lowest BCUT2D eigenvalue weighted by Crippen LogP contribution is -2.77. The van der Waals surface area contributed by atoms with Gasteiger partial charge in [0.2, 0.25) is 10.0 Å². The van der Waals surface area contributed by atoms with Crippen molar-refractivity contribution in [3.63, 3.8) is 0 Å². The number of benzene rings is 1. The minimum atomic E-state index is -3.42. The fraction of sp³-hybridized carbons (Fsp3) is 0.389. The molecule has 1 heterocycles. The minimum Gasteiger partial charge on any atom is -0.265 e. The molecule has 126 valence electrons. The highest BCUT2D eigenvalue weighted by Crippen LogP contribution is 2.71. The zero-order valence-corrected chi connectivity index (χ0v) is 15.4. The molecule has 0 saturated heterocycles. The molecule has 3 fully saturated rings. The minimum absolute atomic E-state index is 0.191. The highest BCUT2D eigenvalue weighted by molar-refractivity contribution is 8.01. The molecular formula is C18H20N2O2S2. The molecule has 2 aromatic rings. The second-order valence-electron chi connectivity index (χ2n) is 7.01. The highest BCUT2D eigenvalue weighted by atomic mass is 32.2. The summed E-state index contributed by atoms with van der Waals surface area (Å²) in [6, 6.07) is 11.1. The standard InChI is InChI=1S/C18H20N2O2S2/c1-14-3-5-16(6-4-14)24(21,22)20(2)17-11-18(12-17,13-17)23-15-7-9-19-10-8-15/h3-10H,11-13H2,1-2H3. The SMILES string of the molecule is Cc1ccc(S(=O)(=O)N(C)C23CC(Sc4ccncc4)(C2)C3)cc1. The van der Waals surface area contributed by atoms with Crippen LogP contribution < -0.4 is 0 Å². The van der Waals surface area contributed by atoms with E-state index in [2.05, 4.69) is 4.98 Å². The van der Waals surface area contributed by atoms with Gasteiger partial charge in [0.1, 0.15) is 0 Å². The van der Waals surface area contributed by atoms with Gasteiger partial charge in [-0.1, -0.05) is 17.7 Å². The third-order valence-corrected chi connectivity index (χ3v) is 8.64. The molecule has 3 aliphatic carbocycles. The fourth-order valence-electron chi connectivity index (χ4n) is 3.87. The Morgan fingerprint density at radius 1 is 1.04 bits per heavy atom. The Bertz CT molecular complexity index is 844. The van der Waals surface area contributed by atoms with E-state index in [4.69, 9.17) is 0 Å². The normalized spacial score (nSPS) is 28.3. The molecule has 0 radical (unpaired) electrons. The van der Waals surface area contributed by atoms with Gasteiger partial charge in [-0.15, -0.1) is 11.8 Å². The van der Waals surface area contributed by atoms with Crippen LogP contribution >= 0.6 is 11.8 Å². The van der Waals surface area contributed by atoms with Crippen LogP contribution in [-0.4, -0.2) is 35.0 Å². The molecular weight excluding hydrogens is 340 g/mol. The smallest absolute Gasteiger partial charge is 0.243 e. The van der Waals surface area contributed by atoms with Gasteiger partial charge in [-0.25, -0.2) is 8.42 Å². The van der Waals surface area contributed by atoms with E-state index in [0.29, 0.717) is 4.90 Å². The quantitative estimate of drug-likeness (QED) is 0.819. The topological polar surface area (TPSA) is 50.3 Å². The van der Waals surface area contributed by atoms with E-state index < -0.39 is 10.0 Å². The first-order valence-electron chi connectivity index (χ1n) is 8.00. The Kier molecular flexibility index (Phi) is 3.57. The number of hydrogen-bond donors (Lipinski definition) is 0. The summed E-state index contributed by atoms with van der Waals surface area (Å²) >= 11 is 1.86. The molecule has 2 bridgehead atoms. The van der Waals surface area contributed by atoms with Gasteiger partial charge in [-0.2, -0.15) is 4.31 Å². The molecule has 0 aliphatic heterocycles. The van der Waals surface area contributed by atoms with Crippen LogP contribution in [0.2, 0.25) is 0 Å². The molecule has 1 aromatic heterocycles. The number of hydrogen-bond acceptors (Lipinski definition) is 4. The molecule has 3 saturated carbocycles. The third-order valence-electron chi connectivity index (χ3n) is 5.29. The van der Waals surface area contributed by atoms with Crippen molar-refractivity contribution in [3.05, 3.63) is 54.4 Å². The van der Waals surface area contributed by atoms with E-state index in [1.165, 1.54) is 4.90 Å². The first-order chi connectivity index (χ1) is 11.4. The lowest BCUT2D eigenvalue weighted by molar-refractivity contribution is -0.0671. The molecule has 0 spiro atoms. The number of pyridine rings is 1. The van der Waals surface area contributed by atoms with Crippen molar-refractivity contribution >= 4 is 21.8 Å². The average molecular weight is 361 g/mol. The van der Waals surface area contributed by atoms with Crippen molar-refractivity contribution in [1.29, 1.82) is 0 Å². The summed E-state index contributed by atoms with van der Waals surface area (Å²) in [6.45, 7) is 1.96. The van der Waals surface area contributed by atoms with Crippen LogP contribution in [0.1, 0.15) is 24.8 Å². The van der Waals surface area contributed by atoms with E-state index in [-0.39, 0.29) is 10.3 Å². The second-order valence-corrected chi connectivity index (χ2v) is 10.5. The third kappa shape index (κ3) is 2.39. The zero-order chi connectivity index (χ0) is 17.0. The summed E-state index contributed by atoms with van der Waals surface area (Å²) in [6.07, 6.45) is 6.38. The van der Waals surface area contributed by atoms with Crippen molar-refractivity contribution in [2.45, 2.75) is 46.3 Å². The van der Waals surface area contributed by atoms with Crippen LogP contribution in [0.15, 0.2) is 58.6 Å². The van der Waals surface area contributed by atoms with Gasteiger partial charge in [0.25, 0.3) is 0 Å². The summed E-state index contributed by atoms with van der Waals surface area (Å²) in [5, 5.41) is 0. The number of rotatable bonds is 5. The Morgan fingerprint density at radius 3 is 2.21 bits per heavy atom. The molecule has 3 aliphatic rings. The molecule has 0 atom stereocenters. The predicted molar refractivity (Wildman–Crippen MR) is 95.5 cm³/mol. The van der Waals surface area contributed by atoms with Crippen LogP contribution in [0.5, 0.6) is 0 Å². The van der Waals surface area contributed by atoms with E-state index in [0.717, 1.165) is 24.8 Å². The van der Waals surface area contributed by atoms with E-state index in [9.17, 15) is 8.42 Å². The summed E-state index contributed by atoms with van der Waals surface area (Å²) in [5.41, 5.74) is 0.874. The molecule has 0 unspecified atom stereocenters. The first-order valence-corrected chi connectivity index (χ1v) is 10.3. The lowest BCUT2D eigenvalue weighted by atomic mass is 9.49.